The van der Waals surface area contributed by atoms with Crippen LogP contribution >= 0.6 is 11.8 Å². The summed E-state index contributed by atoms with van der Waals surface area (Å²) in [4.78, 5) is 17.2. The fourth-order valence-electron chi connectivity index (χ4n) is 3.90. The van der Waals surface area contributed by atoms with Crippen molar-refractivity contribution in [1.29, 1.82) is 0 Å². The van der Waals surface area contributed by atoms with Crippen molar-refractivity contribution in [3.05, 3.63) is 35.7 Å². The predicted molar refractivity (Wildman–Crippen MR) is 129 cm³/mol. The second-order valence-corrected chi connectivity index (χ2v) is 9.17. The molecule has 1 saturated heterocycles. The van der Waals surface area contributed by atoms with Crippen LogP contribution in [0.2, 0.25) is 0 Å². The van der Waals surface area contributed by atoms with Gasteiger partial charge < -0.3 is 14.6 Å². The first-order chi connectivity index (χ1) is 15.5. The van der Waals surface area contributed by atoms with Crippen LogP contribution in [0.4, 0.5) is 5.69 Å². The molecule has 3 rings (SSSR count). The van der Waals surface area contributed by atoms with Gasteiger partial charge in [0.1, 0.15) is 0 Å². The van der Waals surface area contributed by atoms with Gasteiger partial charge in [0.2, 0.25) is 5.91 Å². The fraction of sp³-hybridized carbons (Fsp3) is 0.609. The molecule has 2 aromatic rings. The molecule has 1 aliphatic rings. The second kappa shape index (κ2) is 12.3. The van der Waals surface area contributed by atoms with Gasteiger partial charge in [0.25, 0.3) is 0 Å². The van der Waals surface area contributed by atoms with Gasteiger partial charge in [-0.1, -0.05) is 37.7 Å². The Bertz CT molecular complexity index is 866. The molecular formula is C23H36N6O2S. The molecule has 0 spiro atoms. The van der Waals surface area contributed by atoms with Crippen LogP contribution in [0, 0.1) is 0 Å². The third-order valence-electron chi connectivity index (χ3n) is 5.75. The van der Waals surface area contributed by atoms with E-state index in [1.165, 1.54) is 17.3 Å². The number of rotatable bonds is 11. The van der Waals surface area contributed by atoms with Crippen LogP contribution in [0.5, 0.6) is 0 Å². The molecule has 2 heterocycles. The van der Waals surface area contributed by atoms with Crippen molar-refractivity contribution in [2.45, 2.75) is 44.4 Å². The highest BCUT2D eigenvalue weighted by atomic mass is 32.2. The minimum atomic E-state index is -0.0350. The lowest BCUT2D eigenvalue weighted by atomic mass is 10.1. The molecule has 1 N–H and O–H groups in total. The molecule has 8 nitrogen and oxygen atoms in total. The summed E-state index contributed by atoms with van der Waals surface area (Å²) in [6, 6.07) is 8.18. The van der Waals surface area contributed by atoms with E-state index in [0.717, 1.165) is 68.9 Å². The van der Waals surface area contributed by atoms with Crippen molar-refractivity contribution in [3.8, 4) is 0 Å². The molecular weight excluding hydrogens is 424 g/mol. The van der Waals surface area contributed by atoms with E-state index in [0.29, 0.717) is 5.75 Å². The summed E-state index contributed by atoms with van der Waals surface area (Å²) in [5.41, 5.74) is 2.04. The third kappa shape index (κ3) is 6.78. The summed E-state index contributed by atoms with van der Waals surface area (Å²) < 4.78 is 7.66. The van der Waals surface area contributed by atoms with Gasteiger partial charge in [0.15, 0.2) is 11.0 Å². The smallest absolute Gasteiger partial charge is 0.234 e. The normalized spacial score (nSPS) is 15.8. The van der Waals surface area contributed by atoms with Crippen LogP contribution in [0.3, 0.4) is 0 Å². The number of benzene rings is 1. The topological polar surface area (TPSA) is 75.5 Å². The summed E-state index contributed by atoms with van der Waals surface area (Å²) in [5.74, 6) is 1.22. The fourth-order valence-corrected chi connectivity index (χ4v) is 4.68. The highest BCUT2D eigenvalue weighted by molar-refractivity contribution is 7.99. The van der Waals surface area contributed by atoms with Crippen LogP contribution in [-0.4, -0.2) is 83.2 Å². The minimum absolute atomic E-state index is 0.0350. The first-order valence-corrected chi connectivity index (χ1v) is 12.4. The molecule has 32 heavy (non-hydrogen) atoms. The predicted octanol–water partition coefficient (Wildman–Crippen LogP) is 2.92. The molecule has 1 aliphatic heterocycles. The lowest BCUT2D eigenvalue weighted by Crippen LogP contribution is -2.38. The third-order valence-corrected chi connectivity index (χ3v) is 6.72. The quantitative estimate of drug-likeness (QED) is 0.517. The SMILES string of the molecule is CCc1cccc(NC(=O)CSc2nnc([C@H](CC)N(C)C)n2CCN2CCOCC2)c1. The van der Waals surface area contributed by atoms with Crippen molar-refractivity contribution in [2.24, 2.45) is 0 Å². The number of carbonyl (C=O) groups is 1. The largest absolute Gasteiger partial charge is 0.379 e. The van der Waals surface area contributed by atoms with E-state index in [-0.39, 0.29) is 11.9 Å². The molecule has 0 saturated carbocycles. The molecule has 0 unspecified atom stereocenters. The molecule has 1 aromatic carbocycles. The van der Waals surface area contributed by atoms with E-state index in [4.69, 9.17) is 4.74 Å². The first kappa shape index (κ1) is 24.7. The highest BCUT2D eigenvalue weighted by Crippen LogP contribution is 2.25. The van der Waals surface area contributed by atoms with Crippen LogP contribution < -0.4 is 5.32 Å². The summed E-state index contributed by atoms with van der Waals surface area (Å²) in [7, 11) is 4.14. The summed E-state index contributed by atoms with van der Waals surface area (Å²) in [6.45, 7) is 9.45. The van der Waals surface area contributed by atoms with E-state index in [2.05, 4.69) is 63.9 Å². The van der Waals surface area contributed by atoms with Crippen molar-refractivity contribution in [2.75, 3.05) is 58.0 Å². The minimum Gasteiger partial charge on any atom is -0.379 e. The van der Waals surface area contributed by atoms with E-state index >= 15 is 0 Å². The average molecular weight is 461 g/mol. The zero-order valence-corrected chi connectivity index (χ0v) is 20.5. The molecule has 1 atom stereocenters. The number of carbonyl (C=O) groups excluding carboxylic acids is 1. The Balaban J connectivity index is 1.68. The van der Waals surface area contributed by atoms with Crippen LogP contribution in [0.1, 0.15) is 37.7 Å². The van der Waals surface area contributed by atoms with Gasteiger partial charge in [-0.05, 0) is 44.6 Å². The molecule has 0 aliphatic carbocycles. The van der Waals surface area contributed by atoms with Crippen molar-refractivity contribution >= 4 is 23.4 Å². The van der Waals surface area contributed by atoms with Crippen LogP contribution in [0.25, 0.3) is 0 Å². The molecule has 176 valence electrons. The first-order valence-electron chi connectivity index (χ1n) is 11.4. The number of aryl methyl sites for hydroxylation is 1. The van der Waals surface area contributed by atoms with E-state index in [1.807, 2.05) is 18.2 Å². The molecule has 0 bridgehead atoms. The van der Waals surface area contributed by atoms with Crippen molar-refractivity contribution < 1.29 is 9.53 Å². The number of ether oxygens (including phenoxy) is 1. The van der Waals surface area contributed by atoms with Gasteiger partial charge in [-0.3, -0.25) is 14.6 Å². The monoisotopic (exact) mass is 460 g/mol. The van der Waals surface area contributed by atoms with Gasteiger partial charge >= 0.3 is 0 Å². The molecule has 9 heteroatoms. The average Bonchev–Trinajstić information content (AvgIpc) is 3.19. The Morgan fingerprint density at radius 2 is 2.00 bits per heavy atom. The lowest BCUT2D eigenvalue weighted by molar-refractivity contribution is -0.113. The number of thioether (sulfide) groups is 1. The number of aromatic nitrogens is 3. The van der Waals surface area contributed by atoms with Crippen LogP contribution in [0.15, 0.2) is 29.4 Å². The number of nitrogens with one attached hydrogen (secondary N) is 1. The Hall–Kier alpha value is -1.94. The summed E-state index contributed by atoms with van der Waals surface area (Å²) in [5, 5.41) is 12.8. The zero-order valence-electron chi connectivity index (χ0n) is 19.7. The van der Waals surface area contributed by atoms with E-state index in [1.54, 1.807) is 0 Å². The number of nitrogens with zero attached hydrogens (tertiary/aromatic N) is 5. The second-order valence-electron chi connectivity index (χ2n) is 8.22. The number of hydrogen-bond donors (Lipinski definition) is 1. The lowest BCUT2D eigenvalue weighted by Gasteiger charge is -2.28. The molecule has 1 amide bonds. The number of amides is 1. The number of anilines is 1. The van der Waals surface area contributed by atoms with Gasteiger partial charge in [0, 0.05) is 31.9 Å². The Morgan fingerprint density at radius 3 is 2.69 bits per heavy atom. The highest BCUT2D eigenvalue weighted by Gasteiger charge is 2.23. The van der Waals surface area contributed by atoms with E-state index < -0.39 is 0 Å². The summed E-state index contributed by atoms with van der Waals surface area (Å²) in [6.07, 6.45) is 1.89. The van der Waals surface area contributed by atoms with Crippen molar-refractivity contribution in [1.82, 2.24) is 24.6 Å². The Morgan fingerprint density at radius 1 is 1.22 bits per heavy atom. The summed E-state index contributed by atoms with van der Waals surface area (Å²) >= 11 is 1.45. The van der Waals surface area contributed by atoms with Gasteiger partial charge in [-0.15, -0.1) is 10.2 Å². The van der Waals surface area contributed by atoms with Gasteiger partial charge in [-0.25, -0.2) is 0 Å². The zero-order chi connectivity index (χ0) is 22.9. The maximum absolute atomic E-state index is 12.6. The number of morpholine rings is 1. The molecule has 0 radical (unpaired) electrons. The maximum Gasteiger partial charge on any atom is 0.234 e. The maximum atomic E-state index is 12.6. The Kier molecular flexibility index (Phi) is 9.52. The standard InChI is InChI=1S/C23H36N6O2S/c1-5-18-8-7-9-19(16-18)24-21(30)17-32-23-26-25-22(20(6-2)27(3)4)29(23)11-10-28-12-14-31-15-13-28/h7-9,16,20H,5-6,10-15,17H2,1-4H3,(H,24,30)/t20-/m0/s1. The van der Waals surface area contributed by atoms with Crippen LogP contribution in [-0.2, 0) is 22.5 Å². The van der Waals surface area contributed by atoms with Gasteiger partial charge in [-0.2, -0.15) is 0 Å². The van der Waals surface area contributed by atoms with E-state index in [9.17, 15) is 4.79 Å². The molecule has 1 aromatic heterocycles. The van der Waals surface area contributed by atoms with Gasteiger partial charge in [0.05, 0.1) is 25.0 Å². The molecule has 1 fully saturated rings. The Labute approximate surface area is 195 Å². The number of hydrogen-bond acceptors (Lipinski definition) is 7. The van der Waals surface area contributed by atoms with Crippen molar-refractivity contribution in [3.63, 3.8) is 0 Å².